The fourth-order valence-electron chi connectivity index (χ4n) is 1.56. The Morgan fingerprint density at radius 1 is 1.30 bits per heavy atom. The molecule has 0 aliphatic carbocycles. The van der Waals surface area contributed by atoms with Crippen LogP contribution in [0, 0.1) is 0 Å². The van der Waals surface area contributed by atoms with Gasteiger partial charge in [0.2, 0.25) is 0 Å². The molecule has 5 heteroatoms. The Bertz CT molecular complexity index is 502. The van der Waals surface area contributed by atoms with Gasteiger partial charge in [-0.1, -0.05) is 18.2 Å². The van der Waals surface area contributed by atoms with Crippen LogP contribution in [0.25, 0.3) is 0 Å². The summed E-state index contributed by atoms with van der Waals surface area (Å²) >= 11 is 0. The van der Waals surface area contributed by atoms with E-state index in [0.29, 0.717) is 24.5 Å². The lowest BCUT2D eigenvalue weighted by Crippen LogP contribution is -2.35. The predicted molar refractivity (Wildman–Crippen MR) is 78.7 cm³/mol. The maximum Gasteiger partial charge on any atom is 0.322 e. The number of amides is 2. The molecule has 0 aliphatic rings. The molecular formula is C15H18N2O3. The molecule has 0 saturated carbocycles. The molecule has 1 aromatic carbocycles. The van der Waals surface area contributed by atoms with Crippen LogP contribution in [0.5, 0.6) is 5.75 Å². The van der Waals surface area contributed by atoms with E-state index in [1.165, 1.54) is 6.92 Å². The molecule has 1 aromatic rings. The number of urea groups is 1. The zero-order valence-electron chi connectivity index (χ0n) is 11.5. The summed E-state index contributed by atoms with van der Waals surface area (Å²) in [6.45, 7) is 9.37. The number of ether oxygens (including phenoxy) is 1. The number of hydrogen-bond donors (Lipinski definition) is 1. The van der Waals surface area contributed by atoms with Crippen molar-refractivity contribution in [1.29, 1.82) is 0 Å². The molecule has 0 saturated heterocycles. The Labute approximate surface area is 118 Å². The molecule has 1 rings (SSSR count). The second-order valence-electron chi connectivity index (χ2n) is 4.03. The third-order valence-corrected chi connectivity index (χ3v) is 2.33. The van der Waals surface area contributed by atoms with Gasteiger partial charge in [-0.25, -0.2) is 4.79 Å². The number of carbonyl (C=O) groups excluding carboxylic acids is 2. The number of anilines is 1. The Balaban J connectivity index is 2.75. The lowest BCUT2D eigenvalue weighted by molar-refractivity contribution is -0.131. The monoisotopic (exact) mass is 274 g/mol. The largest absolute Gasteiger partial charge is 0.427 e. The Hall–Kier alpha value is -2.56. The Kier molecular flexibility index (Phi) is 6.03. The van der Waals surface area contributed by atoms with E-state index < -0.39 is 5.97 Å². The highest BCUT2D eigenvalue weighted by Crippen LogP contribution is 2.17. The van der Waals surface area contributed by atoms with Gasteiger partial charge in [0.05, 0.1) is 0 Å². The molecule has 0 unspecified atom stereocenters. The van der Waals surface area contributed by atoms with Crippen molar-refractivity contribution in [3.8, 4) is 5.75 Å². The zero-order chi connectivity index (χ0) is 15.0. The summed E-state index contributed by atoms with van der Waals surface area (Å²) in [4.78, 5) is 24.5. The first kappa shape index (κ1) is 15.5. The van der Waals surface area contributed by atoms with Crippen LogP contribution in [0.4, 0.5) is 10.5 Å². The number of benzene rings is 1. The molecule has 0 fully saturated rings. The molecule has 106 valence electrons. The van der Waals surface area contributed by atoms with Gasteiger partial charge < -0.3 is 15.0 Å². The number of rotatable bonds is 6. The topological polar surface area (TPSA) is 58.6 Å². The van der Waals surface area contributed by atoms with E-state index in [4.69, 9.17) is 4.74 Å². The van der Waals surface area contributed by atoms with Crippen LogP contribution in [0.2, 0.25) is 0 Å². The molecular weight excluding hydrogens is 256 g/mol. The summed E-state index contributed by atoms with van der Waals surface area (Å²) in [5, 5.41) is 2.73. The van der Waals surface area contributed by atoms with Crippen molar-refractivity contribution in [2.24, 2.45) is 0 Å². The minimum atomic E-state index is -0.409. The highest BCUT2D eigenvalue weighted by molar-refractivity contribution is 5.89. The zero-order valence-corrected chi connectivity index (χ0v) is 11.5. The lowest BCUT2D eigenvalue weighted by Gasteiger charge is -2.20. The maximum atomic E-state index is 12.0. The van der Waals surface area contributed by atoms with E-state index in [-0.39, 0.29) is 6.03 Å². The number of hydrogen-bond acceptors (Lipinski definition) is 3. The molecule has 0 bridgehead atoms. The van der Waals surface area contributed by atoms with Gasteiger partial charge >= 0.3 is 12.0 Å². The lowest BCUT2D eigenvalue weighted by atomic mass is 10.3. The van der Waals surface area contributed by atoms with Gasteiger partial charge in [0.15, 0.2) is 0 Å². The normalized spacial score (nSPS) is 9.45. The molecule has 0 heterocycles. The van der Waals surface area contributed by atoms with Gasteiger partial charge in [0.1, 0.15) is 5.75 Å². The van der Waals surface area contributed by atoms with Crippen molar-refractivity contribution < 1.29 is 14.3 Å². The van der Waals surface area contributed by atoms with E-state index >= 15 is 0 Å². The van der Waals surface area contributed by atoms with E-state index in [0.717, 1.165) is 0 Å². The fourth-order valence-corrected chi connectivity index (χ4v) is 1.56. The predicted octanol–water partition coefficient (Wildman–Crippen LogP) is 2.82. The van der Waals surface area contributed by atoms with E-state index in [2.05, 4.69) is 18.5 Å². The molecule has 1 N–H and O–H groups in total. The highest BCUT2D eigenvalue weighted by atomic mass is 16.5. The quantitative estimate of drug-likeness (QED) is 0.493. The first-order valence-corrected chi connectivity index (χ1v) is 6.13. The van der Waals surface area contributed by atoms with Crippen molar-refractivity contribution in [2.45, 2.75) is 6.92 Å². The van der Waals surface area contributed by atoms with Crippen molar-refractivity contribution in [2.75, 3.05) is 18.4 Å². The van der Waals surface area contributed by atoms with Gasteiger partial charge in [-0.05, 0) is 12.1 Å². The van der Waals surface area contributed by atoms with Gasteiger partial charge in [-0.3, -0.25) is 4.79 Å². The highest BCUT2D eigenvalue weighted by Gasteiger charge is 2.11. The van der Waals surface area contributed by atoms with E-state index in [1.54, 1.807) is 41.3 Å². The average molecular weight is 274 g/mol. The minimum Gasteiger partial charge on any atom is -0.427 e. The summed E-state index contributed by atoms with van der Waals surface area (Å²) in [5.74, 6) is -0.0253. The van der Waals surface area contributed by atoms with Crippen LogP contribution in [0.1, 0.15) is 6.92 Å². The molecule has 2 amide bonds. The van der Waals surface area contributed by atoms with Crippen LogP contribution in [-0.4, -0.2) is 30.0 Å². The molecule has 5 nitrogen and oxygen atoms in total. The van der Waals surface area contributed by atoms with Crippen molar-refractivity contribution in [1.82, 2.24) is 4.90 Å². The number of nitrogens with one attached hydrogen (secondary N) is 1. The van der Waals surface area contributed by atoms with Crippen molar-refractivity contribution >= 4 is 17.7 Å². The van der Waals surface area contributed by atoms with Crippen LogP contribution in [0.15, 0.2) is 49.6 Å². The first-order valence-electron chi connectivity index (χ1n) is 6.13. The van der Waals surface area contributed by atoms with Gasteiger partial charge in [-0.15, -0.1) is 13.2 Å². The summed E-state index contributed by atoms with van der Waals surface area (Å²) in [6, 6.07) is 6.36. The molecule has 0 aromatic heterocycles. The third-order valence-electron chi connectivity index (χ3n) is 2.33. The van der Waals surface area contributed by atoms with E-state index in [9.17, 15) is 9.59 Å². The van der Waals surface area contributed by atoms with Gasteiger partial charge in [0.25, 0.3) is 0 Å². The van der Waals surface area contributed by atoms with E-state index in [1.807, 2.05) is 0 Å². The number of nitrogens with zero attached hydrogens (tertiary/aromatic N) is 1. The Morgan fingerprint density at radius 2 is 1.95 bits per heavy atom. The third kappa shape index (κ3) is 4.97. The molecule has 0 atom stereocenters. The van der Waals surface area contributed by atoms with Crippen LogP contribution < -0.4 is 10.1 Å². The van der Waals surface area contributed by atoms with Crippen LogP contribution >= 0.6 is 0 Å². The molecule has 0 spiro atoms. The molecule has 0 aliphatic heterocycles. The van der Waals surface area contributed by atoms with Crippen LogP contribution in [0.3, 0.4) is 0 Å². The van der Waals surface area contributed by atoms with Gasteiger partial charge in [-0.2, -0.15) is 0 Å². The SMILES string of the molecule is C=CCN(CC=C)C(=O)Nc1cccc(OC(C)=O)c1. The number of esters is 1. The number of carbonyl (C=O) groups is 2. The fraction of sp³-hybridized carbons (Fsp3) is 0.200. The second-order valence-corrected chi connectivity index (χ2v) is 4.03. The van der Waals surface area contributed by atoms with Crippen LogP contribution in [-0.2, 0) is 4.79 Å². The first-order chi connectivity index (χ1) is 9.56. The summed E-state index contributed by atoms with van der Waals surface area (Å²) in [5.41, 5.74) is 0.548. The van der Waals surface area contributed by atoms with Crippen molar-refractivity contribution in [3.63, 3.8) is 0 Å². The summed E-state index contributed by atoms with van der Waals surface area (Å²) in [6.07, 6.45) is 3.27. The Morgan fingerprint density at radius 3 is 2.50 bits per heavy atom. The van der Waals surface area contributed by atoms with Crippen molar-refractivity contribution in [3.05, 3.63) is 49.6 Å². The standard InChI is InChI=1S/C15H18N2O3/c1-4-9-17(10-5-2)15(19)16-13-7-6-8-14(11-13)20-12(3)18/h4-8,11H,1-2,9-10H2,3H3,(H,16,19). The second kappa shape index (κ2) is 7.78. The molecule has 0 radical (unpaired) electrons. The minimum absolute atomic E-state index is 0.273. The molecule has 20 heavy (non-hydrogen) atoms. The maximum absolute atomic E-state index is 12.0. The average Bonchev–Trinajstić information content (AvgIpc) is 2.38. The summed E-state index contributed by atoms with van der Waals surface area (Å²) < 4.78 is 4.96. The summed E-state index contributed by atoms with van der Waals surface area (Å²) in [7, 11) is 0. The van der Waals surface area contributed by atoms with Gasteiger partial charge in [0, 0.05) is 31.8 Å². The smallest absolute Gasteiger partial charge is 0.322 e.